The lowest BCUT2D eigenvalue weighted by atomic mass is 10.1. The zero-order valence-electron chi connectivity index (χ0n) is 22.2. The molecule has 1 N–H and O–H groups in total. The highest BCUT2D eigenvalue weighted by atomic mass is 32.2. The van der Waals surface area contributed by atoms with Gasteiger partial charge in [-0.25, -0.2) is 8.42 Å². The molecule has 9 heteroatoms. The summed E-state index contributed by atoms with van der Waals surface area (Å²) in [5.41, 5.74) is 1.14. The van der Waals surface area contributed by atoms with Crippen LogP contribution in [0.2, 0.25) is 0 Å². The number of methoxy groups -OCH3 is 1. The van der Waals surface area contributed by atoms with Gasteiger partial charge >= 0.3 is 0 Å². The van der Waals surface area contributed by atoms with E-state index in [-0.39, 0.29) is 23.4 Å². The summed E-state index contributed by atoms with van der Waals surface area (Å²) >= 11 is 0. The SMILES string of the molecule is CCC(C(=O)NC(C)C)N(Cc1ccccc1)C(=O)CN(c1ccc(OC)cc1)S(=O)(=O)c1ccccc1. The van der Waals surface area contributed by atoms with Gasteiger partial charge in [0.05, 0.1) is 17.7 Å². The van der Waals surface area contributed by atoms with E-state index in [1.165, 1.54) is 24.1 Å². The lowest BCUT2D eigenvalue weighted by molar-refractivity contribution is -0.140. The Kier molecular flexibility index (Phi) is 9.90. The zero-order valence-corrected chi connectivity index (χ0v) is 23.0. The maximum atomic E-state index is 13.9. The summed E-state index contributed by atoms with van der Waals surface area (Å²) in [6.45, 7) is 5.21. The molecule has 2 amide bonds. The predicted molar refractivity (Wildman–Crippen MR) is 148 cm³/mol. The molecule has 0 aliphatic carbocycles. The maximum Gasteiger partial charge on any atom is 0.264 e. The molecule has 38 heavy (non-hydrogen) atoms. The van der Waals surface area contributed by atoms with E-state index in [1.807, 2.05) is 51.1 Å². The quantitative estimate of drug-likeness (QED) is 0.373. The van der Waals surface area contributed by atoms with Gasteiger partial charge in [-0.05, 0) is 62.2 Å². The zero-order chi connectivity index (χ0) is 27.7. The van der Waals surface area contributed by atoms with E-state index in [2.05, 4.69) is 5.32 Å². The van der Waals surface area contributed by atoms with Crippen molar-refractivity contribution in [2.75, 3.05) is 18.0 Å². The van der Waals surface area contributed by atoms with Gasteiger partial charge in [-0.3, -0.25) is 13.9 Å². The Labute approximate surface area is 225 Å². The van der Waals surface area contributed by atoms with Crippen LogP contribution in [0.25, 0.3) is 0 Å². The fourth-order valence-corrected chi connectivity index (χ4v) is 5.51. The van der Waals surface area contributed by atoms with E-state index in [0.29, 0.717) is 17.9 Å². The van der Waals surface area contributed by atoms with Gasteiger partial charge in [0.25, 0.3) is 10.0 Å². The van der Waals surface area contributed by atoms with E-state index >= 15 is 0 Å². The molecule has 0 saturated heterocycles. The van der Waals surface area contributed by atoms with Gasteiger partial charge in [0, 0.05) is 12.6 Å². The summed E-state index contributed by atoms with van der Waals surface area (Å²) in [7, 11) is -2.58. The second-order valence-corrected chi connectivity index (χ2v) is 11.0. The molecule has 3 aromatic carbocycles. The fraction of sp³-hybridized carbons (Fsp3) is 0.310. The minimum atomic E-state index is -4.10. The van der Waals surface area contributed by atoms with Crippen LogP contribution in [0, 0.1) is 0 Å². The normalized spacial score (nSPS) is 12.0. The molecule has 8 nitrogen and oxygen atoms in total. The number of nitrogens with one attached hydrogen (secondary N) is 1. The summed E-state index contributed by atoms with van der Waals surface area (Å²) in [5.74, 6) is -0.220. The van der Waals surface area contributed by atoms with Crippen LogP contribution in [-0.2, 0) is 26.2 Å². The number of anilines is 1. The molecule has 1 unspecified atom stereocenters. The Morgan fingerprint density at radius 1 is 0.895 bits per heavy atom. The van der Waals surface area contributed by atoms with Crippen molar-refractivity contribution in [3.8, 4) is 5.75 Å². The fourth-order valence-electron chi connectivity index (χ4n) is 4.08. The average Bonchev–Trinajstić information content (AvgIpc) is 2.92. The first-order valence-electron chi connectivity index (χ1n) is 12.5. The smallest absolute Gasteiger partial charge is 0.264 e. The Bertz CT molecular complexity index is 1300. The van der Waals surface area contributed by atoms with E-state index in [0.717, 1.165) is 9.87 Å². The summed E-state index contributed by atoms with van der Waals surface area (Å²) in [6, 6.07) is 22.9. The molecule has 1 atom stereocenters. The number of carbonyl (C=O) groups excluding carboxylic acids is 2. The molecular formula is C29H35N3O5S. The lowest BCUT2D eigenvalue weighted by Crippen LogP contribution is -2.53. The molecule has 0 aromatic heterocycles. The second kappa shape index (κ2) is 13.1. The van der Waals surface area contributed by atoms with Gasteiger partial charge in [-0.15, -0.1) is 0 Å². The van der Waals surface area contributed by atoms with E-state index in [1.54, 1.807) is 42.5 Å². The first kappa shape index (κ1) is 28.7. The van der Waals surface area contributed by atoms with Crippen LogP contribution in [0.15, 0.2) is 89.8 Å². The topological polar surface area (TPSA) is 96.0 Å². The van der Waals surface area contributed by atoms with Crippen molar-refractivity contribution < 1.29 is 22.7 Å². The van der Waals surface area contributed by atoms with Crippen LogP contribution in [0.5, 0.6) is 5.75 Å². The lowest BCUT2D eigenvalue weighted by Gasteiger charge is -2.33. The van der Waals surface area contributed by atoms with Crippen LogP contribution < -0.4 is 14.4 Å². The van der Waals surface area contributed by atoms with Crippen LogP contribution in [0.4, 0.5) is 5.69 Å². The number of nitrogens with zero attached hydrogens (tertiary/aromatic N) is 2. The largest absolute Gasteiger partial charge is 0.497 e. The molecule has 0 spiro atoms. The second-order valence-electron chi connectivity index (χ2n) is 9.12. The van der Waals surface area contributed by atoms with Gasteiger partial charge in [0.1, 0.15) is 18.3 Å². The van der Waals surface area contributed by atoms with Gasteiger partial charge in [-0.1, -0.05) is 55.5 Å². The standard InChI is InChI=1S/C29H35N3O5S/c1-5-27(29(34)30-22(2)3)31(20-23-12-8-6-9-13-23)28(33)21-32(24-16-18-25(37-4)19-17-24)38(35,36)26-14-10-7-11-15-26/h6-19,22,27H,5,20-21H2,1-4H3,(H,30,34). The van der Waals surface area contributed by atoms with E-state index in [4.69, 9.17) is 4.74 Å². The van der Waals surface area contributed by atoms with Crippen molar-refractivity contribution >= 4 is 27.5 Å². The Balaban J connectivity index is 2.04. The van der Waals surface area contributed by atoms with Gasteiger partial charge < -0.3 is 15.0 Å². The summed E-state index contributed by atoms with van der Waals surface area (Å²) in [4.78, 5) is 28.6. The molecule has 3 aromatic rings. The molecular weight excluding hydrogens is 502 g/mol. The number of benzene rings is 3. The molecule has 0 heterocycles. The van der Waals surface area contributed by atoms with Crippen LogP contribution in [-0.4, -0.2) is 50.9 Å². The number of hydrogen-bond acceptors (Lipinski definition) is 5. The third-order valence-corrected chi connectivity index (χ3v) is 7.77. The summed E-state index contributed by atoms with van der Waals surface area (Å²) < 4.78 is 33.8. The molecule has 0 aliphatic heterocycles. The first-order chi connectivity index (χ1) is 18.2. The Hall–Kier alpha value is -3.85. The minimum Gasteiger partial charge on any atom is -0.497 e. The number of rotatable bonds is 12. The number of amides is 2. The summed E-state index contributed by atoms with van der Waals surface area (Å²) in [5, 5.41) is 2.89. The molecule has 202 valence electrons. The summed E-state index contributed by atoms with van der Waals surface area (Å²) in [6.07, 6.45) is 0.366. The third-order valence-electron chi connectivity index (χ3n) is 5.98. The Morgan fingerprint density at radius 3 is 2.00 bits per heavy atom. The van der Waals surface area contributed by atoms with Crippen molar-refractivity contribution in [2.45, 2.75) is 50.7 Å². The molecule has 0 bridgehead atoms. The molecule has 0 aliphatic rings. The van der Waals surface area contributed by atoms with Crippen molar-refractivity contribution in [2.24, 2.45) is 0 Å². The van der Waals surface area contributed by atoms with Gasteiger partial charge in [0.2, 0.25) is 11.8 Å². The van der Waals surface area contributed by atoms with Gasteiger partial charge in [-0.2, -0.15) is 0 Å². The third kappa shape index (κ3) is 7.13. The number of sulfonamides is 1. The predicted octanol–water partition coefficient (Wildman–Crippen LogP) is 4.22. The maximum absolute atomic E-state index is 13.9. The molecule has 0 radical (unpaired) electrons. The highest BCUT2D eigenvalue weighted by Crippen LogP contribution is 2.26. The molecule has 0 fully saturated rings. The first-order valence-corrected chi connectivity index (χ1v) is 14.0. The average molecular weight is 538 g/mol. The van der Waals surface area contributed by atoms with Gasteiger partial charge in [0.15, 0.2) is 0 Å². The van der Waals surface area contributed by atoms with Crippen molar-refractivity contribution in [1.29, 1.82) is 0 Å². The van der Waals surface area contributed by atoms with Crippen molar-refractivity contribution in [1.82, 2.24) is 10.2 Å². The van der Waals surface area contributed by atoms with Crippen LogP contribution >= 0.6 is 0 Å². The van der Waals surface area contributed by atoms with E-state index < -0.39 is 28.5 Å². The minimum absolute atomic E-state index is 0.0582. The van der Waals surface area contributed by atoms with Crippen molar-refractivity contribution in [3.05, 3.63) is 90.5 Å². The molecule has 0 saturated carbocycles. The van der Waals surface area contributed by atoms with Crippen molar-refractivity contribution in [3.63, 3.8) is 0 Å². The highest BCUT2D eigenvalue weighted by molar-refractivity contribution is 7.92. The van der Waals surface area contributed by atoms with E-state index in [9.17, 15) is 18.0 Å². The number of carbonyl (C=O) groups is 2. The monoisotopic (exact) mass is 537 g/mol. The van der Waals surface area contributed by atoms with Crippen LogP contribution in [0.1, 0.15) is 32.8 Å². The number of ether oxygens (including phenoxy) is 1. The molecule has 3 rings (SSSR count). The van der Waals surface area contributed by atoms with Crippen LogP contribution in [0.3, 0.4) is 0 Å². The number of hydrogen-bond donors (Lipinski definition) is 1. The highest BCUT2D eigenvalue weighted by Gasteiger charge is 2.33. The Morgan fingerprint density at radius 2 is 1.47 bits per heavy atom.